The molecule has 6 nitrogen and oxygen atoms in total. The van der Waals surface area contributed by atoms with Crippen molar-refractivity contribution in [3.63, 3.8) is 0 Å². The Labute approximate surface area is 160 Å². The number of morpholine rings is 1. The molecule has 1 heterocycles. The van der Waals surface area contributed by atoms with Crippen molar-refractivity contribution in [2.45, 2.75) is 12.1 Å². The number of likely N-dealkylation sites (N-methyl/N-ethyl adjacent to an activating group) is 1. The molecule has 2 N–H and O–H groups in total. The molecule has 2 amide bonds. The highest BCUT2D eigenvalue weighted by atomic mass is 35.5. The fraction of sp³-hybridized carbons (Fsp3) is 0.263. The summed E-state index contributed by atoms with van der Waals surface area (Å²) in [6, 6.07) is 10.1. The van der Waals surface area contributed by atoms with E-state index in [-0.39, 0.29) is 29.7 Å². The molecular formula is C19H18ClFN2O4. The number of halogens is 2. The molecule has 0 aromatic heterocycles. The number of nitrogens with one attached hydrogen (secondary N) is 1. The molecule has 27 heavy (non-hydrogen) atoms. The first-order valence-electron chi connectivity index (χ1n) is 8.25. The van der Waals surface area contributed by atoms with Gasteiger partial charge in [-0.2, -0.15) is 0 Å². The lowest BCUT2D eigenvalue weighted by Crippen LogP contribution is -2.50. The van der Waals surface area contributed by atoms with Crippen molar-refractivity contribution in [3.8, 4) is 0 Å². The van der Waals surface area contributed by atoms with Crippen LogP contribution in [0.3, 0.4) is 0 Å². The molecule has 0 unspecified atom stereocenters. The number of ether oxygens (including phenoxy) is 1. The minimum Gasteiger partial charge on any atom is -0.394 e. The lowest BCUT2D eigenvalue weighted by molar-refractivity contribution is -0.157. The minimum atomic E-state index is -0.591. The molecule has 3 rings (SSSR count). The van der Waals surface area contributed by atoms with Gasteiger partial charge in [0.1, 0.15) is 18.5 Å². The number of hydrogen-bond donors (Lipinski definition) is 2. The average Bonchev–Trinajstić information content (AvgIpc) is 2.66. The van der Waals surface area contributed by atoms with Crippen LogP contribution in [0.25, 0.3) is 0 Å². The van der Waals surface area contributed by atoms with E-state index in [2.05, 4.69) is 5.32 Å². The number of nitrogens with zero attached hydrogens (tertiary/aromatic N) is 1. The zero-order valence-corrected chi connectivity index (χ0v) is 15.2. The van der Waals surface area contributed by atoms with E-state index in [9.17, 15) is 19.1 Å². The summed E-state index contributed by atoms with van der Waals surface area (Å²) in [7, 11) is 1.63. The third-order valence-corrected chi connectivity index (χ3v) is 4.78. The van der Waals surface area contributed by atoms with Crippen LogP contribution in [0.4, 0.5) is 10.1 Å². The molecule has 8 heteroatoms. The highest BCUT2D eigenvalue weighted by molar-refractivity contribution is 6.31. The Balaban J connectivity index is 1.72. The highest BCUT2D eigenvalue weighted by Gasteiger charge is 2.34. The first-order valence-corrected chi connectivity index (χ1v) is 8.63. The molecule has 142 valence electrons. The summed E-state index contributed by atoms with van der Waals surface area (Å²) in [5.74, 6) is -1.20. The Bertz CT molecular complexity index is 859. The molecule has 1 aliphatic heterocycles. The van der Waals surface area contributed by atoms with Crippen molar-refractivity contribution in [2.75, 3.05) is 25.6 Å². The number of rotatable bonds is 4. The monoisotopic (exact) mass is 392 g/mol. The summed E-state index contributed by atoms with van der Waals surface area (Å²) >= 11 is 5.70. The zero-order chi connectivity index (χ0) is 19.6. The van der Waals surface area contributed by atoms with Gasteiger partial charge in [0.05, 0.1) is 17.7 Å². The second-order valence-electron chi connectivity index (χ2n) is 6.19. The molecule has 1 saturated heterocycles. The maximum atomic E-state index is 13.2. The summed E-state index contributed by atoms with van der Waals surface area (Å²) in [4.78, 5) is 25.4. The fourth-order valence-electron chi connectivity index (χ4n) is 2.90. The molecule has 0 radical (unpaired) electrons. The molecule has 0 aliphatic carbocycles. The highest BCUT2D eigenvalue weighted by Crippen LogP contribution is 2.29. The van der Waals surface area contributed by atoms with Crippen LogP contribution in [0.15, 0.2) is 42.5 Å². The van der Waals surface area contributed by atoms with E-state index in [1.165, 1.54) is 17.0 Å². The number of carbonyl (C=O) groups excluding carboxylic acids is 2. The predicted molar refractivity (Wildman–Crippen MR) is 98.1 cm³/mol. The van der Waals surface area contributed by atoms with Gasteiger partial charge in [0.25, 0.3) is 5.91 Å². The summed E-state index contributed by atoms with van der Waals surface area (Å²) in [6.45, 7) is -0.280. The maximum absolute atomic E-state index is 13.2. The predicted octanol–water partition coefficient (Wildman–Crippen LogP) is 2.62. The van der Waals surface area contributed by atoms with Crippen molar-refractivity contribution in [1.29, 1.82) is 0 Å². The van der Waals surface area contributed by atoms with Crippen molar-refractivity contribution >= 4 is 29.1 Å². The van der Waals surface area contributed by atoms with Crippen LogP contribution >= 0.6 is 11.6 Å². The minimum absolute atomic E-state index is 0.0541. The molecule has 0 saturated carbocycles. The lowest BCUT2D eigenvalue weighted by atomic mass is 9.99. The van der Waals surface area contributed by atoms with Gasteiger partial charge in [0.15, 0.2) is 0 Å². The number of carbonyl (C=O) groups is 2. The van der Waals surface area contributed by atoms with Gasteiger partial charge in [-0.1, -0.05) is 23.7 Å². The summed E-state index contributed by atoms with van der Waals surface area (Å²) in [5, 5.41) is 12.2. The Morgan fingerprint density at radius 3 is 2.67 bits per heavy atom. The van der Waals surface area contributed by atoms with Gasteiger partial charge >= 0.3 is 0 Å². The van der Waals surface area contributed by atoms with Crippen molar-refractivity contribution < 1.29 is 23.8 Å². The smallest absolute Gasteiger partial charge is 0.255 e. The topological polar surface area (TPSA) is 78.9 Å². The van der Waals surface area contributed by atoms with E-state index in [0.29, 0.717) is 5.69 Å². The number of aliphatic hydroxyl groups is 1. The zero-order valence-electron chi connectivity index (χ0n) is 14.5. The summed E-state index contributed by atoms with van der Waals surface area (Å²) in [6.07, 6.45) is -0.460. The quantitative estimate of drug-likeness (QED) is 0.838. The SMILES string of the molecule is CN1C(=O)CO[C@H](c2ccc(NC(=O)c3ccc(F)c(Cl)c3)cc2)[C@H]1CO. The number of hydrogen-bond acceptors (Lipinski definition) is 4. The van der Waals surface area contributed by atoms with Gasteiger partial charge in [-0.15, -0.1) is 0 Å². The van der Waals surface area contributed by atoms with E-state index in [4.69, 9.17) is 16.3 Å². The average molecular weight is 393 g/mol. The third-order valence-electron chi connectivity index (χ3n) is 4.49. The Morgan fingerprint density at radius 2 is 2.04 bits per heavy atom. The third kappa shape index (κ3) is 4.10. The number of anilines is 1. The van der Waals surface area contributed by atoms with Crippen molar-refractivity contribution in [2.24, 2.45) is 0 Å². The largest absolute Gasteiger partial charge is 0.394 e. The van der Waals surface area contributed by atoms with Crippen LogP contribution in [0.5, 0.6) is 0 Å². The standard InChI is InChI=1S/C19H18ClFN2O4/c1-23-16(9-24)18(27-10-17(23)25)11-2-5-13(6-3-11)22-19(26)12-4-7-15(21)14(20)8-12/h2-8,16,18,24H,9-10H2,1H3,(H,22,26)/t16-,18-/m1/s1. The first kappa shape index (κ1) is 19.3. The summed E-state index contributed by atoms with van der Waals surface area (Å²) in [5.41, 5.74) is 1.54. The van der Waals surface area contributed by atoms with E-state index in [1.54, 1.807) is 31.3 Å². The Hall–Kier alpha value is -2.48. The van der Waals surface area contributed by atoms with Gasteiger partial charge in [0, 0.05) is 18.3 Å². The number of amides is 2. The number of aliphatic hydroxyl groups excluding tert-OH is 1. The van der Waals surface area contributed by atoms with Crippen LogP contribution < -0.4 is 5.32 Å². The van der Waals surface area contributed by atoms with E-state index in [0.717, 1.165) is 11.6 Å². The van der Waals surface area contributed by atoms with E-state index < -0.39 is 23.9 Å². The first-order chi connectivity index (χ1) is 12.9. The van der Waals surface area contributed by atoms with E-state index >= 15 is 0 Å². The second kappa shape index (κ2) is 8.04. The molecule has 2 aromatic rings. The van der Waals surface area contributed by atoms with Gasteiger partial charge in [-0.25, -0.2) is 4.39 Å². The van der Waals surface area contributed by atoms with Crippen LogP contribution in [0.2, 0.25) is 5.02 Å². The normalized spacial score (nSPS) is 19.9. The van der Waals surface area contributed by atoms with Gasteiger partial charge < -0.3 is 20.1 Å². The molecule has 2 atom stereocenters. The number of benzene rings is 2. The van der Waals surface area contributed by atoms with Crippen LogP contribution in [-0.4, -0.2) is 48.1 Å². The van der Waals surface area contributed by atoms with Gasteiger partial charge in [-0.05, 0) is 35.9 Å². The molecule has 1 aliphatic rings. The lowest BCUT2D eigenvalue weighted by Gasteiger charge is -2.38. The van der Waals surface area contributed by atoms with E-state index in [1.807, 2.05) is 0 Å². The summed E-state index contributed by atoms with van der Waals surface area (Å²) < 4.78 is 18.8. The molecule has 2 aromatic carbocycles. The molecule has 0 spiro atoms. The van der Waals surface area contributed by atoms with Crippen LogP contribution in [-0.2, 0) is 9.53 Å². The van der Waals surface area contributed by atoms with Crippen LogP contribution in [0.1, 0.15) is 22.0 Å². The van der Waals surface area contributed by atoms with Gasteiger partial charge in [-0.3, -0.25) is 9.59 Å². The van der Waals surface area contributed by atoms with Crippen molar-refractivity contribution in [3.05, 3.63) is 64.4 Å². The van der Waals surface area contributed by atoms with Gasteiger partial charge in [0.2, 0.25) is 5.91 Å². The maximum Gasteiger partial charge on any atom is 0.255 e. The Kier molecular flexibility index (Phi) is 5.74. The molecule has 0 bridgehead atoms. The van der Waals surface area contributed by atoms with Crippen molar-refractivity contribution in [1.82, 2.24) is 4.90 Å². The fourth-order valence-corrected chi connectivity index (χ4v) is 3.08. The molecular weight excluding hydrogens is 375 g/mol. The Morgan fingerprint density at radius 1 is 1.33 bits per heavy atom. The van der Waals surface area contributed by atoms with Crippen LogP contribution in [0, 0.1) is 5.82 Å². The second-order valence-corrected chi connectivity index (χ2v) is 6.60. The molecule has 1 fully saturated rings.